The normalized spacial score (nSPS) is 13.6. The first kappa shape index (κ1) is 16.7. The van der Waals surface area contributed by atoms with Gasteiger partial charge in [-0.15, -0.1) is 0 Å². The zero-order valence-electron chi connectivity index (χ0n) is 13.5. The maximum atomic E-state index is 12.0. The van der Waals surface area contributed by atoms with Crippen LogP contribution in [0, 0.1) is 0 Å². The maximum absolute atomic E-state index is 12.0. The maximum Gasteiger partial charge on any atom is 0.338 e. The lowest BCUT2D eigenvalue weighted by Gasteiger charge is -2.13. The highest BCUT2D eigenvalue weighted by atomic mass is 16.5. The fraction of sp³-hybridized carbons (Fsp3) is 0.211. The second-order valence-electron chi connectivity index (χ2n) is 5.56. The molecule has 1 aliphatic rings. The van der Waals surface area contributed by atoms with E-state index in [0.717, 1.165) is 4.90 Å². The Kier molecular flexibility index (Phi) is 5.09. The monoisotopic (exact) mass is 339 g/mol. The number of nitrogens with zero attached hydrogens (tertiary/aromatic N) is 1. The molecule has 6 nitrogen and oxygen atoms in total. The first-order chi connectivity index (χ1) is 12.1. The van der Waals surface area contributed by atoms with Gasteiger partial charge < -0.3 is 9.47 Å². The van der Waals surface area contributed by atoms with E-state index in [4.69, 9.17) is 9.47 Å². The molecule has 3 rings (SSSR count). The Labute approximate surface area is 145 Å². The highest BCUT2D eigenvalue weighted by molar-refractivity contribution is 5.98. The van der Waals surface area contributed by atoms with Crippen LogP contribution < -0.4 is 4.74 Å². The highest BCUT2D eigenvalue weighted by Gasteiger charge is 2.27. The Balaban J connectivity index is 1.54. The second-order valence-corrected chi connectivity index (χ2v) is 5.56. The predicted molar refractivity (Wildman–Crippen MR) is 89.2 cm³/mol. The number of imide groups is 1. The molecule has 0 spiro atoms. The van der Waals surface area contributed by atoms with E-state index in [9.17, 15) is 14.4 Å². The van der Waals surface area contributed by atoms with Crippen molar-refractivity contribution in [3.63, 3.8) is 0 Å². The number of hydrogen-bond acceptors (Lipinski definition) is 5. The SMILES string of the molecule is O=C(OCC(=O)N1CCCC1=O)c1ccc(Oc2ccccc2)cc1. The van der Waals surface area contributed by atoms with Crippen LogP contribution in [-0.2, 0) is 14.3 Å². The molecule has 0 N–H and O–H groups in total. The molecule has 2 aromatic rings. The van der Waals surface area contributed by atoms with Crippen LogP contribution in [0.2, 0.25) is 0 Å². The van der Waals surface area contributed by atoms with Crippen LogP contribution in [0.5, 0.6) is 11.5 Å². The molecule has 25 heavy (non-hydrogen) atoms. The summed E-state index contributed by atoms with van der Waals surface area (Å²) < 4.78 is 10.6. The second kappa shape index (κ2) is 7.61. The Morgan fingerprint density at radius 1 is 0.960 bits per heavy atom. The molecule has 1 aliphatic heterocycles. The number of benzene rings is 2. The molecule has 2 aromatic carbocycles. The van der Waals surface area contributed by atoms with Crippen LogP contribution in [-0.4, -0.2) is 35.8 Å². The first-order valence-corrected chi connectivity index (χ1v) is 7.97. The average molecular weight is 339 g/mol. The van der Waals surface area contributed by atoms with Gasteiger partial charge in [-0.25, -0.2) is 4.79 Å². The van der Waals surface area contributed by atoms with E-state index in [0.29, 0.717) is 36.4 Å². The number of carbonyl (C=O) groups is 3. The average Bonchev–Trinajstić information content (AvgIpc) is 3.07. The largest absolute Gasteiger partial charge is 0.457 e. The van der Waals surface area contributed by atoms with Crippen molar-refractivity contribution in [1.29, 1.82) is 0 Å². The Bertz CT molecular complexity index is 770. The smallest absolute Gasteiger partial charge is 0.338 e. The number of hydrogen-bond donors (Lipinski definition) is 0. The lowest BCUT2D eigenvalue weighted by Crippen LogP contribution is -2.35. The summed E-state index contributed by atoms with van der Waals surface area (Å²) in [7, 11) is 0. The van der Waals surface area contributed by atoms with Crippen LogP contribution in [0.15, 0.2) is 54.6 Å². The Morgan fingerprint density at radius 3 is 2.28 bits per heavy atom. The molecule has 1 fully saturated rings. The summed E-state index contributed by atoms with van der Waals surface area (Å²) in [4.78, 5) is 36.5. The van der Waals surface area contributed by atoms with Crippen molar-refractivity contribution in [2.75, 3.05) is 13.2 Å². The minimum atomic E-state index is -0.619. The minimum absolute atomic E-state index is 0.219. The van der Waals surface area contributed by atoms with Crippen molar-refractivity contribution in [2.24, 2.45) is 0 Å². The summed E-state index contributed by atoms with van der Waals surface area (Å²) in [6, 6.07) is 15.7. The number of amides is 2. The van der Waals surface area contributed by atoms with Gasteiger partial charge in [0.2, 0.25) is 5.91 Å². The standard InChI is InChI=1S/C19H17NO5/c21-17-7-4-12-20(17)18(22)13-24-19(23)14-8-10-16(11-9-14)25-15-5-2-1-3-6-15/h1-3,5-6,8-11H,4,7,12-13H2. The van der Waals surface area contributed by atoms with Gasteiger partial charge in [0.25, 0.3) is 5.91 Å². The summed E-state index contributed by atoms with van der Waals surface area (Å²) in [6.07, 6.45) is 1.02. The van der Waals surface area contributed by atoms with Gasteiger partial charge in [-0.2, -0.15) is 0 Å². The van der Waals surface area contributed by atoms with Crippen molar-refractivity contribution in [2.45, 2.75) is 12.8 Å². The summed E-state index contributed by atoms with van der Waals surface area (Å²) in [5, 5.41) is 0. The topological polar surface area (TPSA) is 72.9 Å². The molecule has 0 aliphatic carbocycles. The van der Waals surface area contributed by atoms with Crippen molar-refractivity contribution in [1.82, 2.24) is 4.90 Å². The van der Waals surface area contributed by atoms with Gasteiger partial charge in [0, 0.05) is 13.0 Å². The number of ether oxygens (including phenoxy) is 2. The molecular formula is C19H17NO5. The molecule has 6 heteroatoms. The molecule has 0 radical (unpaired) electrons. The lowest BCUT2D eigenvalue weighted by molar-refractivity contribution is -0.143. The van der Waals surface area contributed by atoms with Crippen LogP contribution in [0.1, 0.15) is 23.2 Å². The lowest BCUT2D eigenvalue weighted by atomic mass is 10.2. The molecule has 1 saturated heterocycles. The summed E-state index contributed by atoms with van der Waals surface area (Å²) in [5.41, 5.74) is 0.306. The molecule has 0 aromatic heterocycles. The van der Waals surface area contributed by atoms with E-state index >= 15 is 0 Å². The van der Waals surface area contributed by atoms with Crippen molar-refractivity contribution in [3.05, 3.63) is 60.2 Å². The van der Waals surface area contributed by atoms with Crippen LogP contribution in [0.25, 0.3) is 0 Å². The third-order valence-electron chi connectivity index (χ3n) is 3.77. The molecular weight excluding hydrogens is 322 g/mol. The number of para-hydroxylation sites is 1. The zero-order valence-corrected chi connectivity index (χ0v) is 13.5. The molecule has 1 heterocycles. The number of carbonyl (C=O) groups excluding carboxylic acids is 3. The van der Waals surface area contributed by atoms with E-state index in [2.05, 4.69) is 0 Å². The molecule has 0 saturated carbocycles. The predicted octanol–water partition coefficient (Wildman–Crippen LogP) is 2.78. The molecule has 2 amide bonds. The van der Waals surface area contributed by atoms with Crippen LogP contribution in [0.3, 0.4) is 0 Å². The molecule has 0 bridgehead atoms. The summed E-state index contributed by atoms with van der Waals surface area (Å²) in [5.74, 6) is -0.0465. The fourth-order valence-corrected chi connectivity index (χ4v) is 2.48. The van der Waals surface area contributed by atoms with Gasteiger partial charge in [-0.1, -0.05) is 18.2 Å². The van der Waals surface area contributed by atoms with Crippen molar-refractivity contribution in [3.8, 4) is 11.5 Å². The number of esters is 1. The zero-order chi connectivity index (χ0) is 17.6. The van der Waals surface area contributed by atoms with Gasteiger partial charge in [-0.05, 0) is 42.8 Å². The van der Waals surface area contributed by atoms with E-state index in [-0.39, 0.29) is 5.91 Å². The minimum Gasteiger partial charge on any atom is -0.457 e. The van der Waals surface area contributed by atoms with Gasteiger partial charge in [0.1, 0.15) is 11.5 Å². The summed E-state index contributed by atoms with van der Waals surface area (Å²) >= 11 is 0. The fourth-order valence-electron chi connectivity index (χ4n) is 2.48. The summed E-state index contributed by atoms with van der Waals surface area (Å²) in [6.45, 7) is -0.0480. The van der Waals surface area contributed by atoms with E-state index in [1.165, 1.54) is 0 Å². The Hall–Kier alpha value is -3.15. The van der Waals surface area contributed by atoms with E-state index < -0.39 is 18.5 Å². The van der Waals surface area contributed by atoms with Crippen molar-refractivity contribution >= 4 is 17.8 Å². The first-order valence-electron chi connectivity index (χ1n) is 7.97. The van der Waals surface area contributed by atoms with Gasteiger partial charge in [0.15, 0.2) is 6.61 Å². The third-order valence-corrected chi connectivity index (χ3v) is 3.77. The van der Waals surface area contributed by atoms with Gasteiger partial charge in [-0.3, -0.25) is 14.5 Å². The molecule has 0 unspecified atom stereocenters. The van der Waals surface area contributed by atoms with Crippen molar-refractivity contribution < 1.29 is 23.9 Å². The van der Waals surface area contributed by atoms with E-state index in [1.807, 2.05) is 30.3 Å². The van der Waals surface area contributed by atoms with Gasteiger partial charge in [0.05, 0.1) is 5.56 Å². The van der Waals surface area contributed by atoms with Gasteiger partial charge >= 0.3 is 5.97 Å². The highest BCUT2D eigenvalue weighted by Crippen LogP contribution is 2.21. The third kappa shape index (κ3) is 4.23. The molecule has 128 valence electrons. The number of rotatable bonds is 5. The van der Waals surface area contributed by atoms with Crippen LogP contribution in [0.4, 0.5) is 0 Å². The number of likely N-dealkylation sites (tertiary alicyclic amines) is 1. The van der Waals surface area contributed by atoms with E-state index in [1.54, 1.807) is 24.3 Å². The van der Waals surface area contributed by atoms with Crippen LogP contribution >= 0.6 is 0 Å². The quantitative estimate of drug-likeness (QED) is 0.783. The molecule has 0 atom stereocenters. The Morgan fingerprint density at radius 2 is 1.64 bits per heavy atom.